The Morgan fingerprint density at radius 2 is 2.15 bits per heavy atom. The van der Waals surface area contributed by atoms with Crippen LogP contribution < -0.4 is 25.6 Å². The Morgan fingerprint density at radius 1 is 1.32 bits per heavy atom. The van der Waals surface area contributed by atoms with E-state index in [1.54, 1.807) is 19.2 Å². The van der Waals surface area contributed by atoms with Crippen molar-refractivity contribution in [3.63, 3.8) is 0 Å². The van der Waals surface area contributed by atoms with Gasteiger partial charge in [-0.3, -0.25) is 4.90 Å². The monoisotopic (exact) mass is 489 g/mol. The summed E-state index contributed by atoms with van der Waals surface area (Å²) >= 11 is 1.43. The molecule has 1 atom stereocenters. The number of carbonyl (C=O) groups is 1. The number of rotatable bonds is 5. The number of aryl methyl sites for hydroxylation is 1. The van der Waals surface area contributed by atoms with Crippen LogP contribution in [0, 0.1) is 6.92 Å². The SMILES string of the molecule is C=C(NC1CCCNC1)c1sc2nccc3c2c1NC(=O)N3c1ccc(OC(F)(F)F)cc1C. The second-order valence-corrected chi connectivity index (χ2v) is 9.24. The average Bonchev–Trinajstić information content (AvgIpc) is 3.14. The number of ether oxygens (including phenoxy) is 1. The van der Waals surface area contributed by atoms with Crippen LogP contribution in [-0.2, 0) is 0 Å². The van der Waals surface area contributed by atoms with Crippen LogP contribution in [-0.4, -0.2) is 36.5 Å². The predicted octanol–water partition coefficient (Wildman–Crippen LogP) is 5.50. The maximum Gasteiger partial charge on any atom is 0.573 e. The topological polar surface area (TPSA) is 78.5 Å². The third-order valence-electron chi connectivity index (χ3n) is 5.84. The number of pyridine rings is 1. The lowest BCUT2D eigenvalue weighted by Gasteiger charge is -2.30. The van der Waals surface area contributed by atoms with Gasteiger partial charge in [-0.05, 0) is 56.1 Å². The molecule has 0 spiro atoms. The van der Waals surface area contributed by atoms with Crippen LogP contribution in [0.25, 0.3) is 15.9 Å². The average molecular weight is 490 g/mol. The van der Waals surface area contributed by atoms with E-state index in [4.69, 9.17) is 0 Å². The Bertz CT molecular complexity index is 1280. The third kappa shape index (κ3) is 4.16. The van der Waals surface area contributed by atoms with Crippen LogP contribution in [0.2, 0.25) is 0 Å². The molecule has 0 radical (unpaired) electrons. The Labute approximate surface area is 197 Å². The molecule has 0 saturated carbocycles. The lowest BCUT2D eigenvalue weighted by molar-refractivity contribution is -0.274. The van der Waals surface area contributed by atoms with Gasteiger partial charge in [-0.25, -0.2) is 9.78 Å². The zero-order valence-electron chi connectivity index (χ0n) is 18.3. The number of carbonyl (C=O) groups excluding carboxylic acids is 1. The minimum absolute atomic E-state index is 0.252. The van der Waals surface area contributed by atoms with Crippen molar-refractivity contribution >= 4 is 50.3 Å². The largest absolute Gasteiger partial charge is 0.573 e. The maximum atomic E-state index is 13.3. The summed E-state index contributed by atoms with van der Waals surface area (Å²) in [6, 6.07) is 5.45. The van der Waals surface area contributed by atoms with Crippen molar-refractivity contribution in [3.05, 3.63) is 47.5 Å². The van der Waals surface area contributed by atoms with E-state index in [1.807, 2.05) is 0 Å². The summed E-state index contributed by atoms with van der Waals surface area (Å²) in [6.45, 7) is 7.68. The van der Waals surface area contributed by atoms with E-state index < -0.39 is 12.4 Å². The molecule has 2 aliphatic heterocycles. The van der Waals surface area contributed by atoms with Crippen LogP contribution >= 0.6 is 11.3 Å². The Morgan fingerprint density at radius 3 is 2.85 bits per heavy atom. The minimum atomic E-state index is -4.79. The molecule has 1 fully saturated rings. The van der Waals surface area contributed by atoms with Crippen LogP contribution in [0.3, 0.4) is 0 Å². The highest BCUT2D eigenvalue weighted by Crippen LogP contribution is 2.48. The van der Waals surface area contributed by atoms with E-state index in [9.17, 15) is 18.0 Å². The zero-order chi connectivity index (χ0) is 24.0. The Balaban J connectivity index is 1.52. The summed E-state index contributed by atoms with van der Waals surface area (Å²) in [5, 5.41) is 10.5. The van der Waals surface area contributed by atoms with E-state index in [2.05, 4.69) is 32.3 Å². The van der Waals surface area contributed by atoms with Crippen molar-refractivity contribution in [1.29, 1.82) is 0 Å². The number of amides is 2. The molecule has 178 valence electrons. The molecule has 1 unspecified atom stereocenters. The highest BCUT2D eigenvalue weighted by Gasteiger charge is 2.34. The number of nitrogens with zero attached hydrogens (tertiary/aromatic N) is 2. The number of thiophene rings is 1. The lowest BCUT2D eigenvalue weighted by Crippen LogP contribution is -2.42. The highest BCUT2D eigenvalue weighted by atomic mass is 32.1. The maximum absolute atomic E-state index is 13.3. The van der Waals surface area contributed by atoms with Crippen molar-refractivity contribution in [1.82, 2.24) is 15.6 Å². The van der Waals surface area contributed by atoms with Crippen LogP contribution in [0.5, 0.6) is 5.75 Å². The molecule has 34 heavy (non-hydrogen) atoms. The molecule has 5 rings (SSSR count). The number of hydrogen-bond acceptors (Lipinski definition) is 6. The van der Waals surface area contributed by atoms with Gasteiger partial charge in [0.25, 0.3) is 0 Å². The van der Waals surface area contributed by atoms with Crippen molar-refractivity contribution in [2.45, 2.75) is 32.2 Å². The number of anilines is 3. The van der Waals surface area contributed by atoms with Crippen molar-refractivity contribution in [2.75, 3.05) is 23.3 Å². The first-order chi connectivity index (χ1) is 16.2. The smallest absolute Gasteiger partial charge is 0.406 e. The van der Waals surface area contributed by atoms with Gasteiger partial charge in [0.2, 0.25) is 0 Å². The number of hydrogen-bond donors (Lipinski definition) is 3. The zero-order valence-corrected chi connectivity index (χ0v) is 19.1. The number of piperidine rings is 1. The van der Waals surface area contributed by atoms with Crippen molar-refractivity contribution in [3.8, 4) is 5.75 Å². The van der Waals surface area contributed by atoms with Gasteiger partial charge in [0, 0.05) is 24.5 Å². The van der Waals surface area contributed by atoms with Crippen LogP contribution in [0.4, 0.5) is 35.0 Å². The van der Waals surface area contributed by atoms with E-state index in [1.165, 1.54) is 34.4 Å². The lowest BCUT2D eigenvalue weighted by atomic mass is 10.1. The van der Waals surface area contributed by atoms with E-state index >= 15 is 0 Å². The number of urea groups is 1. The van der Waals surface area contributed by atoms with Crippen molar-refractivity contribution in [2.24, 2.45) is 0 Å². The summed E-state index contributed by atoms with van der Waals surface area (Å²) in [5.41, 5.74) is 2.86. The third-order valence-corrected chi connectivity index (χ3v) is 7.00. The quantitative estimate of drug-likeness (QED) is 0.441. The second kappa shape index (κ2) is 8.48. The first-order valence-corrected chi connectivity index (χ1v) is 11.6. The molecule has 7 nitrogen and oxygen atoms in total. The minimum Gasteiger partial charge on any atom is -0.406 e. The number of aromatic nitrogens is 1. The van der Waals surface area contributed by atoms with E-state index in [0.717, 1.165) is 46.7 Å². The summed E-state index contributed by atoms with van der Waals surface area (Å²) in [4.78, 5) is 20.7. The molecule has 4 heterocycles. The second-order valence-electron chi connectivity index (χ2n) is 8.24. The van der Waals surface area contributed by atoms with E-state index in [0.29, 0.717) is 22.6 Å². The van der Waals surface area contributed by atoms with Gasteiger partial charge in [-0.1, -0.05) is 6.58 Å². The number of halogens is 3. The first-order valence-electron chi connectivity index (χ1n) is 10.8. The first kappa shape index (κ1) is 22.5. The van der Waals surface area contributed by atoms with Crippen molar-refractivity contribution < 1.29 is 22.7 Å². The number of benzene rings is 1. The molecule has 2 aliphatic rings. The fourth-order valence-electron chi connectivity index (χ4n) is 4.40. The summed E-state index contributed by atoms with van der Waals surface area (Å²) in [7, 11) is 0. The van der Waals surface area contributed by atoms with Gasteiger partial charge in [-0.15, -0.1) is 24.5 Å². The molecule has 2 amide bonds. The summed E-state index contributed by atoms with van der Waals surface area (Å²) < 4.78 is 41.8. The fraction of sp³-hybridized carbons (Fsp3) is 0.304. The molecule has 0 bridgehead atoms. The molecule has 1 aromatic carbocycles. The number of nitrogens with one attached hydrogen (secondary N) is 3. The van der Waals surface area contributed by atoms with Gasteiger partial charge in [0.1, 0.15) is 10.6 Å². The van der Waals surface area contributed by atoms with Gasteiger partial charge in [-0.2, -0.15) is 0 Å². The molecule has 11 heteroatoms. The fourth-order valence-corrected chi connectivity index (χ4v) is 5.45. The van der Waals surface area contributed by atoms with Gasteiger partial charge >= 0.3 is 12.4 Å². The number of alkyl halides is 3. The predicted molar refractivity (Wildman–Crippen MR) is 127 cm³/mol. The molecule has 2 aromatic heterocycles. The molecule has 1 saturated heterocycles. The normalized spacial score (nSPS) is 18.1. The van der Waals surface area contributed by atoms with E-state index in [-0.39, 0.29) is 11.8 Å². The molecule has 3 aromatic rings. The molecular formula is C23H22F3N5O2S. The van der Waals surface area contributed by atoms with Gasteiger partial charge < -0.3 is 20.7 Å². The molecular weight excluding hydrogens is 467 g/mol. The summed E-state index contributed by atoms with van der Waals surface area (Å²) in [5.74, 6) is -0.343. The highest BCUT2D eigenvalue weighted by molar-refractivity contribution is 7.20. The standard InChI is InChI=1S/C23H22F3N5O2S/c1-12-10-15(33-23(24,25)26)5-6-16(12)31-17-7-9-28-21-18(17)19(30-22(31)32)20(34-21)13(2)29-14-4-3-8-27-11-14/h5-7,9-10,14,27,29H,2-4,8,11H2,1H3,(H,30,32). The molecule has 0 aliphatic carbocycles. The summed E-state index contributed by atoms with van der Waals surface area (Å²) in [6.07, 6.45) is -1.07. The Hall–Kier alpha value is -3.31. The van der Waals surface area contributed by atoms with Gasteiger partial charge in [0.05, 0.1) is 27.3 Å². The van der Waals surface area contributed by atoms with Crippen LogP contribution in [0.15, 0.2) is 37.0 Å². The molecule has 3 N–H and O–H groups in total. The van der Waals surface area contributed by atoms with Crippen LogP contribution in [0.1, 0.15) is 23.3 Å². The Kier molecular flexibility index (Phi) is 5.61. The van der Waals surface area contributed by atoms with Gasteiger partial charge in [0.15, 0.2) is 0 Å².